The van der Waals surface area contributed by atoms with Crippen LogP contribution in [-0.4, -0.2) is 23.3 Å². The highest BCUT2D eigenvalue weighted by Crippen LogP contribution is 2.31. The van der Waals surface area contributed by atoms with Gasteiger partial charge in [-0.2, -0.15) is 0 Å². The lowest BCUT2D eigenvalue weighted by atomic mass is 10.1. The molecule has 7 heteroatoms. The molecule has 0 radical (unpaired) electrons. The predicted molar refractivity (Wildman–Crippen MR) is 118 cm³/mol. The van der Waals surface area contributed by atoms with Gasteiger partial charge in [0.15, 0.2) is 11.5 Å². The second-order valence-corrected chi connectivity index (χ2v) is 7.16. The van der Waals surface area contributed by atoms with E-state index in [9.17, 15) is 14.7 Å². The summed E-state index contributed by atoms with van der Waals surface area (Å²) in [6, 6.07) is 24.7. The Morgan fingerprint density at radius 3 is 1.84 bits per heavy atom. The molecule has 7 nitrogen and oxygen atoms in total. The van der Waals surface area contributed by atoms with Gasteiger partial charge in [0.05, 0.1) is 0 Å². The van der Waals surface area contributed by atoms with Crippen LogP contribution in [0.25, 0.3) is 6.08 Å². The van der Waals surface area contributed by atoms with Gasteiger partial charge < -0.3 is 25.2 Å². The number of hydrogen-bond acceptors (Lipinski definition) is 5. The summed E-state index contributed by atoms with van der Waals surface area (Å²) < 4.78 is 12.0. The van der Waals surface area contributed by atoms with Crippen molar-refractivity contribution in [1.29, 1.82) is 0 Å². The Kier molecular flexibility index (Phi) is 6.48. The molecule has 0 saturated carbocycles. The minimum absolute atomic E-state index is 0.109. The van der Waals surface area contributed by atoms with E-state index in [1.807, 2.05) is 60.7 Å². The number of carbonyl (C=O) groups is 2. The zero-order chi connectivity index (χ0) is 22.3. The van der Waals surface area contributed by atoms with Crippen molar-refractivity contribution in [1.82, 2.24) is 10.6 Å². The summed E-state index contributed by atoms with van der Waals surface area (Å²) >= 11 is 0. The van der Waals surface area contributed by atoms with Crippen molar-refractivity contribution in [3.8, 4) is 11.5 Å². The first-order valence-corrected chi connectivity index (χ1v) is 10.1. The lowest BCUT2D eigenvalue weighted by Crippen LogP contribution is -2.55. The van der Waals surface area contributed by atoms with Crippen molar-refractivity contribution in [3.63, 3.8) is 0 Å². The van der Waals surface area contributed by atoms with Crippen molar-refractivity contribution in [2.75, 3.05) is 0 Å². The normalized spacial score (nSPS) is 15.5. The van der Waals surface area contributed by atoms with Gasteiger partial charge in [-0.15, -0.1) is 0 Å². The van der Waals surface area contributed by atoms with Gasteiger partial charge in [0.1, 0.15) is 18.8 Å². The van der Waals surface area contributed by atoms with Gasteiger partial charge in [0.2, 0.25) is 6.35 Å². The van der Waals surface area contributed by atoms with Crippen LogP contribution in [0, 0.1) is 0 Å². The molecule has 3 aromatic carbocycles. The third kappa shape index (κ3) is 5.33. The highest BCUT2D eigenvalue weighted by molar-refractivity contribution is 6.23. The molecule has 1 heterocycles. The largest absolute Gasteiger partial charge is 0.485 e. The van der Waals surface area contributed by atoms with Crippen LogP contribution < -0.4 is 20.1 Å². The SMILES string of the molecule is O=C1NC(O)NC(=O)C1=Cc1ccc(OCc2ccccc2)c(OCc2ccccc2)c1. The van der Waals surface area contributed by atoms with Crippen LogP contribution in [0.1, 0.15) is 16.7 Å². The summed E-state index contributed by atoms with van der Waals surface area (Å²) in [4.78, 5) is 24.2. The predicted octanol–water partition coefficient (Wildman–Crippen LogP) is 2.75. The molecule has 0 spiro atoms. The molecule has 1 saturated heterocycles. The zero-order valence-electron chi connectivity index (χ0n) is 17.2. The maximum atomic E-state index is 12.1. The van der Waals surface area contributed by atoms with Crippen LogP contribution in [0.3, 0.4) is 0 Å². The third-order valence-electron chi connectivity index (χ3n) is 4.78. The van der Waals surface area contributed by atoms with Crippen LogP contribution in [-0.2, 0) is 22.8 Å². The van der Waals surface area contributed by atoms with E-state index in [2.05, 4.69) is 10.6 Å². The molecular weight excluding hydrogens is 408 g/mol. The van der Waals surface area contributed by atoms with Gasteiger partial charge in [0, 0.05) is 0 Å². The number of amides is 2. The smallest absolute Gasteiger partial charge is 0.260 e. The Hall–Kier alpha value is -4.10. The molecule has 0 atom stereocenters. The first kappa shape index (κ1) is 21.1. The molecule has 0 aliphatic carbocycles. The summed E-state index contributed by atoms with van der Waals surface area (Å²) in [6.07, 6.45) is 0.0399. The topological polar surface area (TPSA) is 96.9 Å². The van der Waals surface area contributed by atoms with Gasteiger partial charge in [-0.25, -0.2) is 0 Å². The van der Waals surface area contributed by atoms with E-state index in [0.29, 0.717) is 30.3 Å². The second-order valence-electron chi connectivity index (χ2n) is 7.16. The molecule has 4 rings (SSSR count). The van der Waals surface area contributed by atoms with Crippen LogP contribution in [0.5, 0.6) is 11.5 Å². The van der Waals surface area contributed by atoms with E-state index in [4.69, 9.17) is 9.47 Å². The van der Waals surface area contributed by atoms with Gasteiger partial charge >= 0.3 is 0 Å². The van der Waals surface area contributed by atoms with Crippen LogP contribution in [0.15, 0.2) is 84.4 Å². The lowest BCUT2D eigenvalue weighted by Gasteiger charge is -2.21. The Labute approximate surface area is 185 Å². The van der Waals surface area contributed by atoms with Gasteiger partial charge in [-0.1, -0.05) is 66.7 Å². The highest BCUT2D eigenvalue weighted by Gasteiger charge is 2.27. The van der Waals surface area contributed by atoms with Crippen molar-refractivity contribution < 1.29 is 24.2 Å². The fraction of sp³-hybridized carbons (Fsp3) is 0.120. The average molecular weight is 430 g/mol. The third-order valence-corrected chi connectivity index (χ3v) is 4.78. The number of hydrogen-bond donors (Lipinski definition) is 3. The fourth-order valence-electron chi connectivity index (χ4n) is 3.16. The summed E-state index contributed by atoms with van der Waals surface area (Å²) in [5.41, 5.74) is 2.48. The average Bonchev–Trinajstić information content (AvgIpc) is 2.80. The molecule has 0 unspecified atom stereocenters. The van der Waals surface area contributed by atoms with Gasteiger partial charge in [-0.05, 0) is 34.9 Å². The van der Waals surface area contributed by atoms with Crippen molar-refractivity contribution in [3.05, 3.63) is 101 Å². The highest BCUT2D eigenvalue weighted by atomic mass is 16.5. The molecule has 1 aliphatic rings. The Bertz CT molecular complexity index is 1110. The summed E-state index contributed by atoms with van der Waals surface area (Å²) in [6.45, 7) is 0.696. The first-order chi connectivity index (χ1) is 15.6. The maximum absolute atomic E-state index is 12.1. The van der Waals surface area contributed by atoms with Gasteiger partial charge in [-0.3, -0.25) is 9.59 Å². The minimum atomic E-state index is -1.40. The van der Waals surface area contributed by atoms with E-state index < -0.39 is 18.2 Å². The Morgan fingerprint density at radius 2 is 1.28 bits per heavy atom. The monoisotopic (exact) mass is 430 g/mol. The van der Waals surface area contributed by atoms with Crippen molar-refractivity contribution >= 4 is 17.9 Å². The molecule has 0 bridgehead atoms. The molecule has 3 aromatic rings. The van der Waals surface area contributed by atoms with Crippen LogP contribution >= 0.6 is 0 Å². The molecule has 0 aromatic heterocycles. The number of nitrogens with one attached hydrogen (secondary N) is 2. The summed E-state index contributed by atoms with van der Waals surface area (Å²) in [5.74, 6) is -0.287. The lowest BCUT2D eigenvalue weighted by molar-refractivity contribution is -0.132. The molecule has 1 fully saturated rings. The molecule has 1 aliphatic heterocycles. The number of aliphatic hydroxyl groups is 1. The van der Waals surface area contributed by atoms with Crippen molar-refractivity contribution in [2.24, 2.45) is 0 Å². The molecule has 2 amide bonds. The molecule has 162 valence electrons. The first-order valence-electron chi connectivity index (χ1n) is 10.1. The number of carbonyl (C=O) groups excluding carboxylic acids is 2. The quantitative estimate of drug-likeness (QED) is 0.396. The fourth-order valence-corrected chi connectivity index (χ4v) is 3.16. The van der Waals surface area contributed by atoms with Crippen LogP contribution in [0.2, 0.25) is 0 Å². The Morgan fingerprint density at radius 1 is 0.750 bits per heavy atom. The van der Waals surface area contributed by atoms with Gasteiger partial charge in [0.25, 0.3) is 11.8 Å². The molecular formula is C25H22N2O5. The van der Waals surface area contributed by atoms with E-state index >= 15 is 0 Å². The molecule has 3 N–H and O–H groups in total. The van der Waals surface area contributed by atoms with E-state index in [-0.39, 0.29) is 5.57 Å². The standard InChI is InChI=1S/C25H22N2O5/c28-23-20(24(29)27-25(30)26-23)13-19-11-12-21(31-15-17-7-3-1-4-8-17)22(14-19)32-16-18-9-5-2-6-10-18/h1-14,25,30H,15-16H2,(H,26,28)(H,27,29). The maximum Gasteiger partial charge on any atom is 0.260 e. The zero-order valence-corrected chi connectivity index (χ0v) is 17.2. The number of benzene rings is 3. The Balaban J connectivity index is 1.59. The van der Waals surface area contributed by atoms with E-state index in [1.165, 1.54) is 6.08 Å². The van der Waals surface area contributed by atoms with Crippen molar-refractivity contribution in [2.45, 2.75) is 19.6 Å². The van der Waals surface area contributed by atoms with Crippen LogP contribution in [0.4, 0.5) is 0 Å². The van der Waals surface area contributed by atoms with E-state index in [0.717, 1.165) is 11.1 Å². The number of rotatable bonds is 7. The summed E-state index contributed by atoms with van der Waals surface area (Å²) in [7, 11) is 0. The second kappa shape index (κ2) is 9.80. The minimum Gasteiger partial charge on any atom is -0.485 e. The summed E-state index contributed by atoms with van der Waals surface area (Å²) in [5, 5.41) is 13.9. The number of aliphatic hydroxyl groups excluding tert-OH is 1. The molecule has 32 heavy (non-hydrogen) atoms. The van der Waals surface area contributed by atoms with E-state index in [1.54, 1.807) is 18.2 Å². The number of ether oxygens (including phenoxy) is 2.